The average molecular weight is 322 g/mol. The molecule has 0 aliphatic heterocycles. The molecule has 0 aliphatic rings. The molecular formula is C19H19FN4. The quantitative estimate of drug-likeness (QED) is 0.693. The SMILES string of the molecule is Fc1ccccc1CCNc1ccnc(NCc2ccccc2)n1. The number of halogens is 1. The lowest BCUT2D eigenvalue weighted by molar-refractivity contribution is 0.610. The van der Waals surface area contributed by atoms with Gasteiger partial charge < -0.3 is 10.6 Å². The Labute approximate surface area is 140 Å². The first-order chi connectivity index (χ1) is 11.8. The summed E-state index contributed by atoms with van der Waals surface area (Å²) in [6.45, 7) is 1.27. The Morgan fingerprint density at radius 3 is 2.50 bits per heavy atom. The summed E-state index contributed by atoms with van der Waals surface area (Å²) in [5.41, 5.74) is 1.86. The van der Waals surface area contributed by atoms with Gasteiger partial charge in [0.15, 0.2) is 0 Å². The van der Waals surface area contributed by atoms with E-state index in [0.717, 1.165) is 5.82 Å². The first-order valence-electron chi connectivity index (χ1n) is 7.89. The Kier molecular flexibility index (Phi) is 5.35. The van der Waals surface area contributed by atoms with Crippen LogP contribution in [0.4, 0.5) is 16.2 Å². The van der Waals surface area contributed by atoms with E-state index in [1.165, 1.54) is 11.6 Å². The number of nitrogens with one attached hydrogen (secondary N) is 2. The van der Waals surface area contributed by atoms with Crippen molar-refractivity contribution >= 4 is 11.8 Å². The molecule has 0 atom stereocenters. The summed E-state index contributed by atoms with van der Waals surface area (Å²) < 4.78 is 13.6. The molecule has 2 N–H and O–H groups in total. The van der Waals surface area contributed by atoms with Crippen molar-refractivity contribution in [3.05, 3.63) is 83.8 Å². The number of hydrogen-bond acceptors (Lipinski definition) is 4. The van der Waals surface area contributed by atoms with Gasteiger partial charge in [0.1, 0.15) is 11.6 Å². The van der Waals surface area contributed by atoms with Gasteiger partial charge in [-0.3, -0.25) is 0 Å². The van der Waals surface area contributed by atoms with E-state index >= 15 is 0 Å². The standard InChI is InChI=1S/C19H19FN4/c20-17-9-5-4-8-16(17)10-12-21-18-11-13-22-19(24-18)23-14-15-6-2-1-3-7-15/h1-9,11,13H,10,12,14H2,(H2,21,22,23,24). The summed E-state index contributed by atoms with van der Waals surface area (Å²) in [5, 5.41) is 6.40. The summed E-state index contributed by atoms with van der Waals surface area (Å²) in [6, 6.07) is 18.7. The van der Waals surface area contributed by atoms with Crippen LogP contribution in [0.3, 0.4) is 0 Å². The minimum atomic E-state index is -0.174. The second kappa shape index (κ2) is 8.06. The van der Waals surface area contributed by atoms with Crippen LogP contribution in [0.1, 0.15) is 11.1 Å². The van der Waals surface area contributed by atoms with E-state index in [9.17, 15) is 4.39 Å². The summed E-state index contributed by atoms with van der Waals surface area (Å²) in [6.07, 6.45) is 2.30. The molecule has 0 amide bonds. The smallest absolute Gasteiger partial charge is 0.224 e. The maximum atomic E-state index is 13.6. The topological polar surface area (TPSA) is 49.8 Å². The lowest BCUT2D eigenvalue weighted by atomic mass is 10.1. The van der Waals surface area contributed by atoms with Crippen molar-refractivity contribution in [1.82, 2.24) is 9.97 Å². The summed E-state index contributed by atoms with van der Waals surface area (Å²) in [4.78, 5) is 8.63. The molecule has 0 fully saturated rings. The van der Waals surface area contributed by atoms with Crippen LogP contribution in [-0.2, 0) is 13.0 Å². The molecule has 5 heteroatoms. The van der Waals surface area contributed by atoms with E-state index in [4.69, 9.17) is 0 Å². The predicted molar refractivity (Wildman–Crippen MR) is 94.4 cm³/mol. The third-order valence-electron chi connectivity index (χ3n) is 3.61. The van der Waals surface area contributed by atoms with Gasteiger partial charge in [-0.05, 0) is 29.7 Å². The molecule has 0 saturated carbocycles. The first kappa shape index (κ1) is 15.9. The fourth-order valence-corrected chi connectivity index (χ4v) is 2.35. The molecule has 1 heterocycles. The Balaban J connectivity index is 1.52. The highest BCUT2D eigenvalue weighted by Gasteiger charge is 2.02. The molecular weight excluding hydrogens is 303 g/mol. The van der Waals surface area contributed by atoms with Gasteiger partial charge in [-0.1, -0.05) is 48.5 Å². The molecule has 24 heavy (non-hydrogen) atoms. The fraction of sp³-hybridized carbons (Fsp3) is 0.158. The van der Waals surface area contributed by atoms with E-state index in [1.54, 1.807) is 24.4 Å². The summed E-state index contributed by atoms with van der Waals surface area (Å²) >= 11 is 0. The Bertz CT molecular complexity index is 777. The molecule has 2 aromatic carbocycles. The maximum Gasteiger partial charge on any atom is 0.224 e. The Morgan fingerprint density at radius 2 is 1.67 bits per heavy atom. The van der Waals surface area contributed by atoms with E-state index in [2.05, 4.69) is 20.6 Å². The van der Waals surface area contributed by atoms with Gasteiger partial charge in [0, 0.05) is 19.3 Å². The van der Waals surface area contributed by atoms with Gasteiger partial charge in [0.2, 0.25) is 5.95 Å². The van der Waals surface area contributed by atoms with Crippen molar-refractivity contribution in [2.24, 2.45) is 0 Å². The van der Waals surface area contributed by atoms with E-state index in [-0.39, 0.29) is 5.82 Å². The summed E-state index contributed by atoms with van der Waals surface area (Å²) in [7, 11) is 0. The molecule has 0 bridgehead atoms. The number of hydrogen-bond donors (Lipinski definition) is 2. The highest BCUT2D eigenvalue weighted by Crippen LogP contribution is 2.10. The van der Waals surface area contributed by atoms with Gasteiger partial charge >= 0.3 is 0 Å². The minimum Gasteiger partial charge on any atom is -0.370 e. The number of nitrogens with zero attached hydrogens (tertiary/aromatic N) is 2. The van der Waals surface area contributed by atoms with Crippen LogP contribution in [0.25, 0.3) is 0 Å². The highest BCUT2D eigenvalue weighted by atomic mass is 19.1. The maximum absolute atomic E-state index is 13.6. The largest absolute Gasteiger partial charge is 0.370 e. The third-order valence-corrected chi connectivity index (χ3v) is 3.61. The summed E-state index contributed by atoms with van der Waals surface area (Å²) in [5.74, 6) is 1.11. The second-order valence-electron chi connectivity index (χ2n) is 5.37. The number of anilines is 2. The molecule has 0 aliphatic carbocycles. The number of benzene rings is 2. The number of aromatic nitrogens is 2. The van der Waals surface area contributed by atoms with Crippen molar-refractivity contribution < 1.29 is 4.39 Å². The van der Waals surface area contributed by atoms with Gasteiger partial charge in [0.05, 0.1) is 0 Å². The van der Waals surface area contributed by atoms with Gasteiger partial charge in [-0.25, -0.2) is 9.37 Å². The van der Waals surface area contributed by atoms with Crippen LogP contribution in [0.2, 0.25) is 0 Å². The average Bonchev–Trinajstić information content (AvgIpc) is 2.63. The van der Waals surface area contributed by atoms with Crippen LogP contribution in [0, 0.1) is 5.82 Å². The van der Waals surface area contributed by atoms with Crippen molar-refractivity contribution in [3.8, 4) is 0 Å². The molecule has 3 aromatic rings. The van der Waals surface area contributed by atoms with E-state index in [0.29, 0.717) is 31.0 Å². The molecule has 0 saturated heterocycles. The van der Waals surface area contributed by atoms with Gasteiger partial charge in [-0.2, -0.15) is 4.98 Å². The predicted octanol–water partition coefficient (Wildman–Crippen LogP) is 3.88. The third kappa shape index (κ3) is 4.52. The van der Waals surface area contributed by atoms with Gasteiger partial charge in [0.25, 0.3) is 0 Å². The zero-order valence-electron chi connectivity index (χ0n) is 13.2. The lowest BCUT2D eigenvalue weighted by Crippen LogP contribution is -2.09. The van der Waals surface area contributed by atoms with Crippen LogP contribution in [-0.4, -0.2) is 16.5 Å². The second-order valence-corrected chi connectivity index (χ2v) is 5.37. The molecule has 0 spiro atoms. The molecule has 4 nitrogen and oxygen atoms in total. The fourth-order valence-electron chi connectivity index (χ4n) is 2.35. The van der Waals surface area contributed by atoms with E-state index in [1.807, 2.05) is 36.4 Å². The van der Waals surface area contributed by atoms with E-state index < -0.39 is 0 Å². The first-order valence-corrected chi connectivity index (χ1v) is 7.89. The van der Waals surface area contributed by atoms with Gasteiger partial charge in [-0.15, -0.1) is 0 Å². The van der Waals surface area contributed by atoms with Crippen LogP contribution >= 0.6 is 0 Å². The Morgan fingerprint density at radius 1 is 0.875 bits per heavy atom. The molecule has 0 unspecified atom stereocenters. The van der Waals surface area contributed by atoms with Crippen molar-refractivity contribution in [2.75, 3.05) is 17.2 Å². The van der Waals surface area contributed by atoms with Crippen LogP contribution < -0.4 is 10.6 Å². The lowest BCUT2D eigenvalue weighted by Gasteiger charge is -2.09. The van der Waals surface area contributed by atoms with Crippen LogP contribution in [0.5, 0.6) is 0 Å². The zero-order chi connectivity index (χ0) is 16.6. The van der Waals surface area contributed by atoms with Crippen molar-refractivity contribution in [1.29, 1.82) is 0 Å². The van der Waals surface area contributed by atoms with Crippen LogP contribution in [0.15, 0.2) is 66.9 Å². The zero-order valence-corrected chi connectivity index (χ0v) is 13.2. The monoisotopic (exact) mass is 322 g/mol. The van der Waals surface area contributed by atoms with Crippen molar-refractivity contribution in [2.45, 2.75) is 13.0 Å². The highest BCUT2D eigenvalue weighted by molar-refractivity contribution is 5.40. The van der Waals surface area contributed by atoms with Crippen molar-refractivity contribution in [3.63, 3.8) is 0 Å². The number of rotatable bonds is 7. The minimum absolute atomic E-state index is 0.174. The molecule has 0 radical (unpaired) electrons. The molecule has 1 aromatic heterocycles. The normalized spacial score (nSPS) is 10.4. The molecule has 122 valence electrons. The Hall–Kier alpha value is -2.95. The molecule has 3 rings (SSSR count).